The van der Waals surface area contributed by atoms with E-state index >= 15 is 0 Å². The average Bonchev–Trinajstić information content (AvgIpc) is 2.28. The molecule has 0 unspecified atom stereocenters. The third-order valence-corrected chi connectivity index (χ3v) is 5.48. The van der Waals surface area contributed by atoms with E-state index in [2.05, 4.69) is 0 Å². The molecule has 0 aromatic heterocycles. The van der Waals surface area contributed by atoms with E-state index in [-0.39, 0.29) is 5.02 Å². The van der Waals surface area contributed by atoms with E-state index in [1.165, 1.54) is 12.1 Å². The highest BCUT2D eigenvalue weighted by Gasteiger charge is 2.37. The highest BCUT2D eigenvalue weighted by molar-refractivity contribution is 7.89. The molecule has 110 valence electrons. The minimum absolute atomic E-state index is 0.310. The Morgan fingerprint density at radius 2 is 2.10 bits per heavy atom. The Hall–Kier alpha value is -1.18. The maximum atomic E-state index is 13.9. The predicted octanol–water partition coefficient (Wildman–Crippen LogP) is 2.11. The number of nitrogens with zero attached hydrogens (tertiary/aromatic N) is 1. The molecule has 0 saturated heterocycles. The first kappa shape index (κ1) is 15.2. The zero-order valence-corrected chi connectivity index (χ0v) is 12.0. The van der Waals surface area contributed by atoms with Gasteiger partial charge in [-0.3, -0.25) is 4.79 Å². The SMILES string of the molecule is O=C(O)CN(C1CCC1)S(=O)(=O)c1cccc(Cl)c1F. The van der Waals surface area contributed by atoms with Gasteiger partial charge in [0, 0.05) is 6.04 Å². The summed E-state index contributed by atoms with van der Waals surface area (Å²) in [5, 5.41) is 8.55. The van der Waals surface area contributed by atoms with Crippen LogP contribution in [0.15, 0.2) is 23.1 Å². The molecular formula is C12H13ClFNO4S. The lowest BCUT2D eigenvalue weighted by Crippen LogP contribution is -2.46. The maximum absolute atomic E-state index is 13.9. The largest absolute Gasteiger partial charge is 0.480 e. The number of aliphatic carboxylic acids is 1. The van der Waals surface area contributed by atoms with E-state index in [9.17, 15) is 17.6 Å². The molecule has 1 aromatic rings. The van der Waals surface area contributed by atoms with Gasteiger partial charge in [-0.05, 0) is 25.0 Å². The average molecular weight is 322 g/mol. The van der Waals surface area contributed by atoms with Crippen molar-refractivity contribution in [2.45, 2.75) is 30.2 Å². The Labute approximate surface area is 121 Å². The topological polar surface area (TPSA) is 74.7 Å². The van der Waals surface area contributed by atoms with Crippen LogP contribution in [0.2, 0.25) is 5.02 Å². The summed E-state index contributed by atoms with van der Waals surface area (Å²) < 4.78 is 39.6. The van der Waals surface area contributed by atoms with Crippen LogP contribution in [-0.2, 0) is 14.8 Å². The fourth-order valence-corrected chi connectivity index (χ4v) is 3.98. The Morgan fingerprint density at radius 3 is 2.60 bits per heavy atom. The van der Waals surface area contributed by atoms with E-state index in [0.717, 1.165) is 16.8 Å². The maximum Gasteiger partial charge on any atom is 0.318 e. The summed E-state index contributed by atoms with van der Waals surface area (Å²) in [4.78, 5) is 10.3. The Balaban J connectivity index is 2.44. The summed E-state index contributed by atoms with van der Waals surface area (Å²) in [7, 11) is -4.22. The van der Waals surface area contributed by atoms with Crippen molar-refractivity contribution in [1.29, 1.82) is 0 Å². The number of benzene rings is 1. The van der Waals surface area contributed by atoms with Crippen molar-refractivity contribution in [3.8, 4) is 0 Å². The minimum atomic E-state index is -4.22. The van der Waals surface area contributed by atoms with E-state index in [4.69, 9.17) is 16.7 Å². The summed E-state index contributed by atoms with van der Waals surface area (Å²) in [6.45, 7) is -0.682. The highest BCUT2D eigenvalue weighted by Crippen LogP contribution is 2.32. The molecular weight excluding hydrogens is 309 g/mol. The van der Waals surface area contributed by atoms with Crippen molar-refractivity contribution in [3.63, 3.8) is 0 Å². The van der Waals surface area contributed by atoms with Gasteiger partial charge in [-0.25, -0.2) is 12.8 Å². The van der Waals surface area contributed by atoms with Gasteiger partial charge in [0.1, 0.15) is 11.4 Å². The number of carboxylic acid groups (broad SMARTS) is 1. The van der Waals surface area contributed by atoms with Crippen LogP contribution >= 0.6 is 11.6 Å². The van der Waals surface area contributed by atoms with Gasteiger partial charge in [-0.2, -0.15) is 4.31 Å². The summed E-state index contributed by atoms with van der Waals surface area (Å²) in [6, 6.07) is 3.25. The third kappa shape index (κ3) is 2.79. The van der Waals surface area contributed by atoms with E-state index in [1.54, 1.807) is 0 Å². The third-order valence-electron chi connectivity index (χ3n) is 3.28. The molecule has 1 aliphatic rings. The lowest BCUT2D eigenvalue weighted by molar-refractivity contribution is -0.137. The van der Waals surface area contributed by atoms with Gasteiger partial charge >= 0.3 is 5.97 Å². The molecule has 0 bridgehead atoms. The second-order valence-corrected chi connectivity index (χ2v) is 6.85. The second-order valence-electron chi connectivity index (χ2n) is 4.58. The highest BCUT2D eigenvalue weighted by atomic mass is 35.5. The summed E-state index contributed by atoms with van der Waals surface area (Å²) in [6.07, 6.45) is 1.98. The second kappa shape index (κ2) is 5.67. The molecule has 20 heavy (non-hydrogen) atoms. The number of rotatable bonds is 5. The molecule has 1 aliphatic carbocycles. The van der Waals surface area contributed by atoms with Crippen molar-refractivity contribution in [2.24, 2.45) is 0 Å². The zero-order chi connectivity index (χ0) is 14.9. The molecule has 1 saturated carbocycles. The number of sulfonamides is 1. The molecule has 1 fully saturated rings. The van der Waals surface area contributed by atoms with Crippen molar-refractivity contribution < 1.29 is 22.7 Å². The number of carbonyl (C=O) groups is 1. The minimum Gasteiger partial charge on any atom is -0.480 e. The van der Waals surface area contributed by atoms with E-state index in [1.807, 2.05) is 0 Å². The van der Waals surface area contributed by atoms with Crippen LogP contribution in [-0.4, -0.2) is 36.4 Å². The molecule has 0 amide bonds. The van der Waals surface area contributed by atoms with Crippen LogP contribution in [0.1, 0.15) is 19.3 Å². The van der Waals surface area contributed by atoms with Gasteiger partial charge < -0.3 is 5.11 Å². The van der Waals surface area contributed by atoms with Crippen molar-refractivity contribution in [2.75, 3.05) is 6.54 Å². The first-order valence-corrected chi connectivity index (χ1v) is 7.83. The van der Waals surface area contributed by atoms with E-state index < -0.39 is 39.3 Å². The summed E-state index contributed by atoms with van der Waals surface area (Å²) in [5.74, 6) is -2.33. The Bertz CT molecular complexity index is 630. The van der Waals surface area contributed by atoms with E-state index in [0.29, 0.717) is 12.8 Å². The van der Waals surface area contributed by atoms with Crippen LogP contribution < -0.4 is 0 Å². The molecule has 5 nitrogen and oxygen atoms in total. The van der Waals surface area contributed by atoms with Gasteiger partial charge in [0.2, 0.25) is 10.0 Å². The molecule has 1 N–H and O–H groups in total. The van der Waals surface area contributed by atoms with Crippen LogP contribution in [0.5, 0.6) is 0 Å². The lowest BCUT2D eigenvalue weighted by Gasteiger charge is -2.35. The van der Waals surface area contributed by atoms with Gasteiger partial charge in [0.25, 0.3) is 0 Å². The van der Waals surface area contributed by atoms with Crippen LogP contribution in [0, 0.1) is 5.82 Å². The van der Waals surface area contributed by atoms with Gasteiger partial charge in [0.15, 0.2) is 5.82 Å². The normalized spacial score (nSPS) is 16.1. The summed E-state index contributed by atoms with van der Waals surface area (Å²) >= 11 is 5.58. The van der Waals surface area contributed by atoms with Crippen LogP contribution in [0.25, 0.3) is 0 Å². The number of halogens is 2. The van der Waals surface area contributed by atoms with Gasteiger partial charge in [-0.15, -0.1) is 0 Å². The molecule has 0 aliphatic heterocycles. The van der Waals surface area contributed by atoms with Gasteiger partial charge in [0.05, 0.1) is 5.02 Å². The molecule has 0 radical (unpaired) electrons. The zero-order valence-electron chi connectivity index (χ0n) is 10.4. The Kier molecular flexibility index (Phi) is 4.31. The molecule has 2 rings (SSSR count). The Morgan fingerprint density at radius 1 is 1.45 bits per heavy atom. The fraction of sp³-hybridized carbons (Fsp3) is 0.417. The predicted molar refractivity (Wildman–Crippen MR) is 70.6 cm³/mol. The monoisotopic (exact) mass is 321 g/mol. The molecule has 1 aromatic carbocycles. The first-order valence-electron chi connectivity index (χ1n) is 6.01. The number of carboxylic acids is 1. The van der Waals surface area contributed by atoms with Crippen molar-refractivity contribution in [3.05, 3.63) is 29.0 Å². The van der Waals surface area contributed by atoms with Gasteiger partial charge in [-0.1, -0.05) is 24.1 Å². The van der Waals surface area contributed by atoms with Crippen molar-refractivity contribution in [1.82, 2.24) is 4.31 Å². The lowest BCUT2D eigenvalue weighted by atomic mass is 9.93. The molecule has 0 atom stereocenters. The first-order chi connectivity index (χ1) is 9.34. The fourth-order valence-electron chi connectivity index (χ4n) is 2.03. The molecule has 0 spiro atoms. The van der Waals surface area contributed by atoms with Crippen molar-refractivity contribution >= 4 is 27.6 Å². The number of hydrogen-bond donors (Lipinski definition) is 1. The molecule has 0 heterocycles. The molecule has 8 heteroatoms. The van der Waals surface area contributed by atoms with Crippen LogP contribution in [0.4, 0.5) is 4.39 Å². The van der Waals surface area contributed by atoms with Crippen LogP contribution in [0.3, 0.4) is 0 Å². The summed E-state index contributed by atoms with van der Waals surface area (Å²) in [5.41, 5.74) is 0. The number of hydrogen-bond acceptors (Lipinski definition) is 3. The smallest absolute Gasteiger partial charge is 0.318 e. The standard InChI is InChI=1S/C12H13ClFNO4S/c13-9-5-2-6-10(12(9)14)20(18,19)15(7-11(16)17)8-3-1-4-8/h2,5-6,8H,1,3-4,7H2,(H,16,17). The quantitative estimate of drug-likeness (QED) is 0.901.